The molecule has 516 valence electrons. The predicted molar refractivity (Wildman–Crippen MR) is 349 cm³/mol. The molecule has 3 N–H and O–H groups in total. The van der Waals surface area contributed by atoms with E-state index in [1.54, 1.807) is 0 Å². The zero-order chi connectivity index (χ0) is 64.7. The molecular weight excluding hydrogens is 1150 g/mol. The molecule has 17 nitrogen and oxygen atoms in total. The van der Waals surface area contributed by atoms with Crippen molar-refractivity contribution in [1.29, 1.82) is 0 Å². The minimum atomic E-state index is -4.95. The molecule has 0 aromatic heterocycles. The lowest BCUT2D eigenvalue weighted by Gasteiger charge is -2.21. The molecule has 0 heterocycles. The van der Waals surface area contributed by atoms with Crippen molar-refractivity contribution >= 4 is 39.5 Å². The molecule has 0 aliphatic heterocycles. The number of esters is 4. The van der Waals surface area contributed by atoms with Gasteiger partial charge in [-0.05, 0) is 49.4 Å². The second-order valence-electron chi connectivity index (χ2n) is 26.2. The molecule has 0 aromatic rings. The van der Waals surface area contributed by atoms with Gasteiger partial charge >= 0.3 is 39.5 Å². The summed E-state index contributed by atoms with van der Waals surface area (Å²) >= 11 is 0. The van der Waals surface area contributed by atoms with E-state index in [-0.39, 0.29) is 25.7 Å². The van der Waals surface area contributed by atoms with Crippen LogP contribution in [0.4, 0.5) is 0 Å². The van der Waals surface area contributed by atoms with E-state index in [9.17, 15) is 43.2 Å². The Morgan fingerprint density at radius 1 is 0.322 bits per heavy atom. The maximum Gasteiger partial charge on any atom is 0.472 e. The Bertz CT molecular complexity index is 1730. The Kier molecular flexibility index (Phi) is 56.6. The van der Waals surface area contributed by atoms with E-state index in [2.05, 4.69) is 55.4 Å². The van der Waals surface area contributed by atoms with Gasteiger partial charge in [-0.2, -0.15) is 0 Å². The molecule has 4 unspecified atom stereocenters. The number of rotatable bonds is 65. The summed E-state index contributed by atoms with van der Waals surface area (Å²) in [5.74, 6) is 0.815. The monoisotopic (exact) mass is 1280 g/mol. The van der Waals surface area contributed by atoms with E-state index >= 15 is 0 Å². The maximum absolute atomic E-state index is 13.0. The molecule has 0 bridgehead atoms. The second-order valence-corrected chi connectivity index (χ2v) is 29.1. The van der Waals surface area contributed by atoms with Gasteiger partial charge in [-0.1, -0.05) is 280 Å². The van der Waals surface area contributed by atoms with Gasteiger partial charge in [0.1, 0.15) is 19.3 Å². The fourth-order valence-electron chi connectivity index (χ4n) is 10.1. The molecule has 6 atom stereocenters. The van der Waals surface area contributed by atoms with Gasteiger partial charge in [-0.15, -0.1) is 0 Å². The van der Waals surface area contributed by atoms with Crippen LogP contribution < -0.4 is 0 Å². The zero-order valence-electron chi connectivity index (χ0n) is 56.6. The van der Waals surface area contributed by atoms with Crippen LogP contribution >= 0.6 is 15.6 Å². The van der Waals surface area contributed by atoms with Crippen LogP contribution in [-0.4, -0.2) is 96.7 Å². The van der Waals surface area contributed by atoms with E-state index in [4.69, 9.17) is 37.0 Å². The topological polar surface area (TPSA) is 237 Å². The van der Waals surface area contributed by atoms with Gasteiger partial charge in [0, 0.05) is 25.7 Å². The average Bonchev–Trinajstić information content (AvgIpc) is 3.55. The number of phosphoric acid groups is 2. The molecule has 0 aliphatic rings. The lowest BCUT2D eigenvalue weighted by atomic mass is 10.00. The molecule has 0 radical (unpaired) electrons. The van der Waals surface area contributed by atoms with Crippen molar-refractivity contribution in [2.45, 2.75) is 350 Å². The van der Waals surface area contributed by atoms with Crippen molar-refractivity contribution in [3.05, 3.63) is 0 Å². The SMILES string of the molecule is CCC(C)CCCCCCCCC(=O)OC[C@H](COP(=O)(O)OCC(O)COP(=O)(O)OC[C@@H](COC(=O)CCCCCCCCCC(C)C)OC(=O)CCCCCCCCCCCC(C)C)OC(=O)CCCCCCCCCCCCCCC(C)C. The first-order valence-electron chi connectivity index (χ1n) is 35.2. The Morgan fingerprint density at radius 3 is 0.816 bits per heavy atom. The molecule has 0 saturated carbocycles. The first-order valence-corrected chi connectivity index (χ1v) is 38.2. The molecule has 0 aromatic carbocycles. The lowest BCUT2D eigenvalue weighted by Crippen LogP contribution is -2.30. The van der Waals surface area contributed by atoms with Crippen molar-refractivity contribution in [3.63, 3.8) is 0 Å². The van der Waals surface area contributed by atoms with Crippen LogP contribution in [0.5, 0.6) is 0 Å². The largest absolute Gasteiger partial charge is 0.472 e. The van der Waals surface area contributed by atoms with E-state index in [1.807, 2.05) is 0 Å². The number of unbranched alkanes of at least 4 members (excludes halogenated alkanes) is 30. The molecule has 0 amide bonds. The molecule has 87 heavy (non-hydrogen) atoms. The highest BCUT2D eigenvalue weighted by atomic mass is 31.2. The molecule has 0 aliphatic carbocycles. The number of ether oxygens (including phenoxy) is 4. The van der Waals surface area contributed by atoms with Crippen molar-refractivity contribution in [3.8, 4) is 0 Å². The van der Waals surface area contributed by atoms with Crippen LogP contribution in [0.3, 0.4) is 0 Å². The molecule has 0 spiro atoms. The number of hydrogen-bond donors (Lipinski definition) is 3. The first-order chi connectivity index (χ1) is 41.6. The number of aliphatic hydroxyl groups excluding tert-OH is 1. The van der Waals surface area contributed by atoms with Crippen LogP contribution in [0.1, 0.15) is 331 Å². The lowest BCUT2D eigenvalue weighted by molar-refractivity contribution is -0.161. The van der Waals surface area contributed by atoms with Gasteiger partial charge in [-0.25, -0.2) is 9.13 Å². The summed E-state index contributed by atoms with van der Waals surface area (Å²) in [7, 11) is -9.90. The van der Waals surface area contributed by atoms with E-state index < -0.39 is 97.5 Å². The van der Waals surface area contributed by atoms with Gasteiger partial charge in [0.2, 0.25) is 0 Å². The predicted octanol–water partition coefficient (Wildman–Crippen LogP) is 18.9. The summed E-state index contributed by atoms with van der Waals surface area (Å²) in [5.41, 5.74) is 0. The van der Waals surface area contributed by atoms with Crippen molar-refractivity contribution in [1.82, 2.24) is 0 Å². The number of carbonyl (C=O) groups excluding carboxylic acids is 4. The van der Waals surface area contributed by atoms with Crippen LogP contribution in [0, 0.1) is 23.7 Å². The van der Waals surface area contributed by atoms with Gasteiger partial charge in [0.25, 0.3) is 0 Å². The highest BCUT2D eigenvalue weighted by Gasteiger charge is 2.30. The Balaban J connectivity index is 5.25. The highest BCUT2D eigenvalue weighted by Crippen LogP contribution is 2.45. The van der Waals surface area contributed by atoms with Gasteiger partial charge in [0.05, 0.1) is 26.4 Å². The van der Waals surface area contributed by atoms with Gasteiger partial charge in [-0.3, -0.25) is 37.3 Å². The van der Waals surface area contributed by atoms with E-state index in [1.165, 1.54) is 122 Å². The summed E-state index contributed by atoms with van der Waals surface area (Å²) < 4.78 is 68.2. The van der Waals surface area contributed by atoms with Crippen LogP contribution in [0.25, 0.3) is 0 Å². The number of hydrogen-bond acceptors (Lipinski definition) is 15. The number of phosphoric ester groups is 2. The minimum absolute atomic E-state index is 0.104. The third kappa shape index (κ3) is 61.3. The third-order valence-electron chi connectivity index (χ3n) is 15.9. The maximum atomic E-state index is 13.0. The summed E-state index contributed by atoms with van der Waals surface area (Å²) in [6.07, 6.45) is 39.0. The molecular formula is C68H132O17P2. The Morgan fingerprint density at radius 2 is 0.552 bits per heavy atom. The van der Waals surface area contributed by atoms with Gasteiger partial charge < -0.3 is 33.8 Å². The quantitative estimate of drug-likeness (QED) is 0.0222. The zero-order valence-corrected chi connectivity index (χ0v) is 58.4. The van der Waals surface area contributed by atoms with Crippen molar-refractivity contribution in [2.24, 2.45) is 23.7 Å². The van der Waals surface area contributed by atoms with E-state index in [0.717, 1.165) is 120 Å². The molecule has 19 heteroatoms. The summed E-state index contributed by atoms with van der Waals surface area (Å²) in [4.78, 5) is 72.4. The third-order valence-corrected chi connectivity index (χ3v) is 17.8. The Hall–Kier alpha value is -1.94. The van der Waals surface area contributed by atoms with Crippen molar-refractivity contribution < 1.29 is 80.2 Å². The normalized spacial score (nSPS) is 14.6. The first kappa shape index (κ1) is 85.1. The number of carbonyl (C=O) groups is 4. The molecule has 0 rings (SSSR count). The van der Waals surface area contributed by atoms with Gasteiger partial charge in [0.15, 0.2) is 12.2 Å². The standard InChI is InChI=1S/C68H132O17P2/c1-9-61(8)47-39-31-26-27-33-41-49-66(71)79-55-64(85-67(72)50-42-34-23-17-13-11-10-12-15-20-28-36-44-58(2)3)57-83-87(76,77)81-53-62(69)52-80-86(74,75)82-56-63(54-78-65(70)48-40-32-25-19-22-30-38-46-60(6)7)84-68(73)51-43-35-24-18-14-16-21-29-37-45-59(4)5/h58-64,69H,9-57H2,1-8H3,(H,74,75)(H,76,77)/t61?,62?,63-,64-/m1/s1. The minimum Gasteiger partial charge on any atom is -0.462 e. The fraction of sp³-hybridized carbons (Fsp3) is 0.941. The smallest absolute Gasteiger partial charge is 0.462 e. The molecule has 0 saturated heterocycles. The van der Waals surface area contributed by atoms with Crippen LogP contribution in [0.15, 0.2) is 0 Å². The fourth-order valence-corrected chi connectivity index (χ4v) is 11.7. The summed E-state index contributed by atoms with van der Waals surface area (Å²) in [5, 5.41) is 10.6. The van der Waals surface area contributed by atoms with Crippen LogP contribution in [-0.2, 0) is 65.4 Å². The average molecular weight is 1280 g/mol. The summed E-state index contributed by atoms with van der Waals surface area (Å²) in [6, 6.07) is 0. The second kappa shape index (κ2) is 57.9. The van der Waals surface area contributed by atoms with E-state index in [0.29, 0.717) is 31.6 Å². The van der Waals surface area contributed by atoms with Crippen LogP contribution in [0.2, 0.25) is 0 Å². The Labute approximate surface area is 530 Å². The highest BCUT2D eigenvalue weighted by molar-refractivity contribution is 7.47. The summed E-state index contributed by atoms with van der Waals surface area (Å²) in [6.45, 7) is 14.0. The van der Waals surface area contributed by atoms with Crippen molar-refractivity contribution in [2.75, 3.05) is 39.6 Å². The molecule has 0 fully saturated rings. The number of aliphatic hydroxyl groups is 1.